The summed E-state index contributed by atoms with van der Waals surface area (Å²) in [6, 6.07) is 16.6. The summed E-state index contributed by atoms with van der Waals surface area (Å²) in [7, 11) is 0. The fourth-order valence-electron chi connectivity index (χ4n) is 5.07. The number of anilines is 2. The Bertz CT molecular complexity index is 1860. The number of nitrogens with zero attached hydrogens (tertiary/aromatic N) is 2. The van der Waals surface area contributed by atoms with Crippen molar-refractivity contribution in [3.8, 4) is 5.75 Å². The molecular weight excluding hydrogens is 639 g/mol. The van der Waals surface area contributed by atoms with E-state index in [1.165, 1.54) is 30.3 Å². The van der Waals surface area contributed by atoms with Gasteiger partial charge in [-0.3, -0.25) is 29.3 Å². The fourth-order valence-corrected chi connectivity index (χ4v) is 7.88. The number of nitro benzene ring substituents is 1. The maximum atomic E-state index is 13.9. The molecular formula is C28H18Cl2N4O7S2. The number of aromatic nitrogens is 1. The van der Waals surface area contributed by atoms with Crippen LogP contribution in [0.5, 0.6) is 5.75 Å². The first-order valence-electron chi connectivity index (χ1n) is 12.6. The molecule has 0 radical (unpaired) electrons. The first-order valence-corrected chi connectivity index (χ1v) is 15.1. The highest BCUT2D eigenvalue weighted by Gasteiger charge is 2.56. The number of imide groups is 1. The number of ether oxygens (including phenoxy) is 1. The number of benzene rings is 3. The standard InChI is InChI=1S/C28H18Cl2N4O7S2/c29-18-9-4-14(11-19(18)30)31-20(35)12-41-17-3-1-2-13(10-17)21-22-24(42-25-23(21)43-28(38)32-25)27(37)33(26(22)36)15-5-7-16(8-6-15)34(39)40/h1-11,21-22,24H,12H2,(H,31,35)(H,32,38)/t21-,22?,24?/m1/s1. The normalized spacial score (nSPS) is 19.1. The number of H-pyrrole nitrogens is 1. The number of carbonyl (C=O) groups excluding carboxylic acids is 3. The number of non-ortho nitro benzene ring substituents is 1. The Kier molecular flexibility index (Phi) is 7.73. The third-order valence-electron chi connectivity index (χ3n) is 6.93. The summed E-state index contributed by atoms with van der Waals surface area (Å²) in [5.74, 6) is -2.61. The van der Waals surface area contributed by atoms with E-state index in [1.54, 1.807) is 36.4 Å². The molecule has 3 heterocycles. The Morgan fingerprint density at radius 3 is 2.51 bits per heavy atom. The molecule has 6 rings (SSSR count). The van der Waals surface area contributed by atoms with E-state index in [2.05, 4.69) is 10.3 Å². The van der Waals surface area contributed by atoms with Crippen molar-refractivity contribution in [1.82, 2.24) is 4.98 Å². The molecule has 2 aliphatic heterocycles. The van der Waals surface area contributed by atoms with Crippen LogP contribution in [0.4, 0.5) is 17.1 Å². The molecule has 11 nitrogen and oxygen atoms in total. The Hall–Kier alpha value is -4.17. The van der Waals surface area contributed by atoms with Crippen molar-refractivity contribution < 1.29 is 24.0 Å². The van der Waals surface area contributed by atoms with Crippen molar-refractivity contribution in [2.24, 2.45) is 5.92 Å². The second-order valence-electron chi connectivity index (χ2n) is 9.57. The van der Waals surface area contributed by atoms with E-state index >= 15 is 0 Å². The Labute approximate surface area is 260 Å². The van der Waals surface area contributed by atoms with Crippen LogP contribution >= 0.6 is 46.3 Å². The summed E-state index contributed by atoms with van der Waals surface area (Å²) in [5.41, 5.74) is 1.10. The molecule has 0 saturated carbocycles. The van der Waals surface area contributed by atoms with Crippen molar-refractivity contribution >= 4 is 81.1 Å². The summed E-state index contributed by atoms with van der Waals surface area (Å²) < 4.78 is 5.74. The first-order chi connectivity index (χ1) is 20.6. The molecule has 218 valence electrons. The molecule has 3 atom stereocenters. The summed E-state index contributed by atoms with van der Waals surface area (Å²) in [5, 5.41) is 14.1. The van der Waals surface area contributed by atoms with Crippen LogP contribution in [-0.4, -0.2) is 39.5 Å². The maximum Gasteiger partial charge on any atom is 0.305 e. The summed E-state index contributed by atoms with van der Waals surface area (Å²) in [4.78, 5) is 66.9. The van der Waals surface area contributed by atoms with E-state index in [1.807, 2.05) is 0 Å². The maximum absolute atomic E-state index is 13.9. The molecule has 2 aliphatic rings. The fraction of sp³-hybridized carbons (Fsp3) is 0.143. The minimum atomic E-state index is -0.861. The first kappa shape index (κ1) is 28.9. The van der Waals surface area contributed by atoms with E-state index in [0.29, 0.717) is 31.9 Å². The highest BCUT2D eigenvalue weighted by molar-refractivity contribution is 8.00. The van der Waals surface area contributed by atoms with E-state index in [-0.39, 0.29) is 27.9 Å². The third-order valence-corrected chi connectivity index (χ3v) is 10.1. The van der Waals surface area contributed by atoms with Crippen LogP contribution in [0.3, 0.4) is 0 Å². The lowest BCUT2D eigenvalue weighted by atomic mass is 9.83. The van der Waals surface area contributed by atoms with Gasteiger partial charge in [-0.05, 0) is 48.0 Å². The quantitative estimate of drug-likeness (QED) is 0.151. The summed E-state index contributed by atoms with van der Waals surface area (Å²) in [6.07, 6.45) is 0. The molecule has 0 spiro atoms. The number of nitrogens with one attached hydrogen (secondary N) is 2. The van der Waals surface area contributed by atoms with Gasteiger partial charge in [0.2, 0.25) is 11.8 Å². The number of fused-ring (bicyclic) bond motifs is 2. The lowest BCUT2D eigenvalue weighted by Gasteiger charge is -2.30. The van der Waals surface area contributed by atoms with E-state index in [0.717, 1.165) is 28.0 Å². The number of nitro groups is 1. The zero-order valence-corrected chi connectivity index (χ0v) is 24.8. The summed E-state index contributed by atoms with van der Waals surface area (Å²) >= 11 is 14.0. The average molecular weight is 658 g/mol. The number of rotatable bonds is 7. The monoisotopic (exact) mass is 656 g/mol. The van der Waals surface area contributed by atoms with Crippen LogP contribution in [-0.2, 0) is 14.4 Å². The second-order valence-corrected chi connectivity index (χ2v) is 12.6. The predicted octanol–water partition coefficient (Wildman–Crippen LogP) is 5.46. The molecule has 3 amide bonds. The Morgan fingerprint density at radius 2 is 1.79 bits per heavy atom. The van der Waals surface area contributed by atoms with Crippen molar-refractivity contribution in [2.75, 3.05) is 16.8 Å². The van der Waals surface area contributed by atoms with Crippen LogP contribution in [0.25, 0.3) is 0 Å². The lowest BCUT2D eigenvalue weighted by molar-refractivity contribution is -0.384. The zero-order valence-electron chi connectivity index (χ0n) is 21.6. The molecule has 1 fully saturated rings. The van der Waals surface area contributed by atoms with Gasteiger partial charge in [0.25, 0.3) is 11.6 Å². The van der Waals surface area contributed by atoms with Gasteiger partial charge in [-0.2, -0.15) is 0 Å². The van der Waals surface area contributed by atoms with Gasteiger partial charge in [-0.25, -0.2) is 4.90 Å². The average Bonchev–Trinajstić information content (AvgIpc) is 3.48. The van der Waals surface area contributed by atoms with Crippen molar-refractivity contribution in [2.45, 2.75) is 16.2 Å². The van der Waals surface area contributed by atoms with Gasteiger partial charge < -0.3 is 15.0 Å². The highest BCUT2D eigenvalue weighted by atomic mass is 35.5. The smallest absolute Gasteiger partial charge is 0.305 e. The van der Waals surface area contributed by atoms with Crippen LogP contribution < -0.4 is 19.8 Å². The number of thiazole rings is 1. The SMILES string of the molecule is O=C(COc1cccc([C@H]2c3sc(=O)[nH]c3SC3C(=O)N(c4ccc([N+](=O)[O-])cc4)C(=O)C32)c1)Nc1ccc(Cl)c(Cl)c1. The van der Waals surface area contributed by atoms with E-state index < -0.39 is 39.7 Å². The molecule has 4 aromatic rings. The van der Waals surface area contributed by atoms with Crippen LogP contribution in [0.15, 0.2) is 76.6 Å². The summed E-state index contributed by atoms with van der Waals surface area (Å²) in [6.45, 7) is -0.329. The number of halogens is 2. The molecule has 2 N–H and O–H groups in total. The predicted molar refractivity (Wildman–Crippen MR) is 163 cm³/mol. The number of aromatic amines is 1. The molecule has 0 aliphatic carbocycles. The largest absolute Gasteiger partial charge is 0.484 e. The molecule has 2 unspecified atom stereocenters. The number of thioether (sulfide) groups is 1. The highest BCUT2D eigenvalue weighted by Crippen LogP contribution is 2.53. The van der Waals surface area contributed by atoms with Gasteiger partial charge in [0, 0.05) is 28.6 Å². The van der Waals surface area contributed by atoms with Gasteiger partial charge in [0.05, 0.1) is 31.6 Å². The van der Waals surface area contributed by atoms with Gasteiger partial charge >= 0.3 is 4.87 Å². The molecule has 43 heavy (non-hydrogen) atoms. The van der Waals surface area contributed by atoms with Gasteiger partial charge in [0.1, 0.15) is 11.0 Å². The zero-order chi connectivity index (χ0) is 30.4. The van der Waals surface area contributed by atoms with Crippen molar-refractivity contribution in [3.63, 3.8) is 0 Å². The number of amides is 3. The molecule has 0 bridgehead atoms. The number of hydrogen-bond acceptors (Lipinski definition) is 9. The van der Waals surface area contributed by atoms with Crippen molar-refractivity contribution in [1.29, 1.82) is 0 Å². The molecule has 1 saturated heterocycles. The van der Waals surface area contributed by atoms with Crippen LogP contribution in [0, 0.1) is 16.0 Å². The minimum Gasteiger partial charge on any atom is -0.484 e. The molecule has 3 aromatic carbocycles. The van der Waals surface area contributed by atoms with Gasteiger partial charge in [-0.15, -0.1) is 0 Å². The topological polar surface area (TPSA) is 152 Å². The number of hydrogen-bond donors (Lipinski definition) is 2. The van der Waals surface area contributed by atoms with Gasteiger partial charge in [0.15, 0.2) is 6.61 Å². The number of carbonyl (C=O) groups is 3. The molecule has 1 aromatic heterocycles. The van der Waals surface area contributed by atoms with E-state index in [9.17, 15) is 29.3 Å². The Balaban J connectivity index is 1.27. The Morgan fingerprint density at radius 1 is 1.02 bits per heavy atom. The second kappa shape index (κ2) is 11.5. The minimum absolute atomic E-state index is 0.172. The van der Waals surface area contributed by atoms with Crippen LogP contribution in [0.2, 0.25) is 10.0 Å². The van der Waals surface area contributed by atoms with Gasteiger partial charge in [-0.1, -0.05) is 58.4 Å². The van der Waals surface area contributed by atoms with Crippen molar-refractivity contribution in [3.05, 3.63) is 107 Å². The van der Waals surface area contributed by atoms with E-state index in [4.69, 9.17) is 27.9 Å². The molecule has 15 heteroatoms. The van der Waals surface area contributed by atoms with Crippen LogP contribution in [0.1, 0.15) is 16.4 Å². The lowest BCUT2D eigenvalue weighted by Crippen LogP contribution is -2.32. The third kappa shape index (κ3) is 5.52.